The van der Waals surface area contributed by atoms with E-state index in [-0.39, 0.29) is 17.8 Å². The van der Waals surface area contributed by atoms with Gasteiger partial charge in [0.05, 0.1) is 14.2 Å². The van der Waals surface area contributed by atoms with Crippen molar-refractivity contribution in [3.8, 4) is 11.5 Å². The molecule has 0 saturated carbocycles. The first kappa shape index (κ1) is 21.1. The molecule has 1 fully saturated rings. The summed E-state index contributed by atoms with van der Waals surface area (Å²) in [5.41, 5.74) is 1.91. The number of hydrogen-bond donors (Lipinski definition) is 0. The zero-order valence-electron chi connectivity index (χ0n) is 17.4. The summed E-state index contributed by atoms with van der Waals surface area (Å²) in [6, 6.07) is 12.3. The van der Waals surface area contributed by atoms with Gasteiger partial charge in [0.15, 0.2) is 0 Å². The van der Waals surface area contributed by atoms with Crippen LogP contribution in [0.1, 0.15) is 31.7 Å². The first-order valence-corrected chi connectivity index (χ1v) is 10.1. The van der Waals surface area contributed by atoms with E-state index < -0.39 is 0 Å². The summed E-state index contributed by atoms with van der Waals surface area (Å²) in [4.78, 5) is 16.8. The van der Waals surface area contributed by atoms with Crippen molar-refractivity contribution >= 4 is 11.6 Å². The van der Waals surface area contributed by atoms with Crippen molar-refractivity contribution in [2.75, 3.05) is 32.2 Å². The smallest absolute Gasteiger partial charge is 0.226 e. The maximum atomic E-state index is 13.3. The predicted octanol–water partition coefficient (Wildman–Crippen LogP) is 4.25. The number of ether oxygens (including phenoxy) is 2. The average molecular weight is 400 g/mol. The van der Waals surface area contributed by atoms with E-state index in [2.05, 4.69) is 4.90 Å². The molecule has 0 aliphatic carbocycles. The molecule has 156 valence electrons. The standard InChI is InChI=1S/C23H29FN2O3/c1-4-23(27)26(19-7-5-18(24)6-8-19)20-9-11-25(12-10-20)16-17-13-21(28-2)15-22(14-17)29-3/h5-8,13-15,20H,4,9-12,16H2,1-3H3. The van der Waals surface area contributed by atoms with E-state index in [1.807, 2.05) is 30.0 Å². The van der Waals surface area contributed by atoms with Crippen LogP contribution in [-0.4, -0.2) is 44.2 Å². The van der Waals surface area contributed by atoms with Gasteiger partial charge in [-0.05, 0) is 54.8 Å². The van der Waals surface area contributed by atoms with Gasteiger partial charge in [0.2, 0.25) is 5.91 Å². The van der Waals surface area contributed by atoms with Gasteiger partial charge < -0.3 is 14.4 Å². The highest BCUT2D eigenvalue weighted by Gasteiger charge is 2.28. The minimum atomic E-state index is -0.291. The van der Waals surface area contributed by atoms with E-state index in [4.69, 9.17) is 9.47 Å². The molecule has 5 nitrogen and oxygen atoms in total. The Hall–Kier alpha value is -2.60. The Morgan fingerprint density at radius 2 is 1.66 bits per heavy atom. The Morgan fingerprint density at radius 1 is 1.07 bits per heavy atom. The number of benzene rings is 2. The summed E-state index contributed by atoms with van der Waals surface area (Å²) in [6.45, 7) is 4.44. The molecule has 0 unspecified atom stereocenters. The lowest BCUT2D eigenvalue weighted by Gasteiger charge is -2.38. The van der Waals surface area contributed by atoms with Crippen molar-refractivity contribution in [1.82, 2.24) is 4.90 Å². The summed E-state index contributed by atoms with van der Waals surface area (Å²) in [7, 11) is 3.30. The van der Waals surface area contributed by atoms with Gasteiger partial charge >= 0.3 is 0 Å². The molecule has 2 aromatic carbocycles. The average Bonchev–Trinajstić information content (AvgIpc) is 2.75. The number of methoxy groups -OCH3 is 2. The van der Waals surface area contributed by atoms with Crippen molar-refractivity contribution in [3.05, 3.63) is 53.8 Å². The monoisotopic (exact) mass is 400 g/mol. The number of rotatable bonds is 7. The molecular formula is C23H29FN2O3. The van der Waals surface area contributed by atoms with Crippen LogP contribution in [0.3, 0.4) is 0 Å². The van der Waals surface area contributed by atoms with Crippen molar-refractivity contribution in [2.45, 2.75) is 38.8 Å². The fourth-order valence-electron chi connectivity index (χ4n) is 3.88. The van der Waals surface area contributed by atoms with E-state index in [1.54, 1.807) is 26.4 Å². The fourth-order valence-corrected chi connectivity index (χ4v) is 3.88. The molecule has 3 rings (SSSR count). The molecule has 29 heavy (non-hydrogen) atoms. The van der Waals surface area contributed by atoms with E-state index in [9.17, 15) is 9.18 Å². The third-order valence-corrected chi connectivity index (χ3v) is 5.42. The quantitative estimate of drug-likeness (QED) is 0.697. The highest BCUT2D eigenvalue weighted by atomic mass is 19.1. The minimum absolute atomic E-state index is 0.0765. The zero-order chi connectivity index (χ0) is 20.8. The summed E-state index contributed by atoms with van der Waals surface area (Å²) < 4.78 is 24.0. The summed E-state index contributed by atoms with van der Waals surface area (Å²) in [5, 5.41) is 0. The number of halogens is 1. The van der Waals surface area contributed by atoms with Crippen LogP contribution < -0.4 is 14.4 Å². The van der Waals surface area contributed by atoms with Gasteiger partial charge in [-0.1, -0.05) is 6.92 Å². The van der Waals surface area contributed by atoms with Gasteiger partial charge in [0.25, 0.3) is 0 Å². The van der Waals surface area contributed by atoms with Crippen molar-refractivity contribution in [2.24, 2.45) is 0 Å². The van der Waals surface area contributed by atoms with E-state index in [1.165, 1.54) is 12.1 Å². The van der Waals surface area contributed by atoms with Gasteiger partial charge in [-0.3, -0.25) is 9.69 Å². The molecule has 0 spiro atoms. The van der Waals surface area contributed by atoms with Gasteiger partial charge in [0, 0.05) is 43.9 Å². The largest absolute Gasteiger partial charge is 0.497 e. The molecule has 1 aliphatic heterocycles. The Kier molecular flexibility index (Phi) is 7.09. The van der Waals surface area contributed by atoms with Crippen molar-refractivity contribution < 1.29 is 18.7 Å². The Balaban J connectivity index is 1.67. The summed E-state index contributed by atoms with van der Waals surface area (Å²) in [6.07, 6.45) is 2.19. The van der Waals surface area contributed by atoms with Crippen LogP contribution >= 0.6 is 0 Å². The van der Waals surface area contributed by atoms with Crippen LogP contribution in [0.15, 0.2) is 42.5 Å². The van der Waals surface area contributed by atoms with Crippen LogP contribution in [0.5, 0.6) is 11.5 Å². The Labute approximate surface area is 172 Å². The molecule has 2 aromatic rings. The van der Waals surface area contributed by atoms with Crippen LogP contribution in [-0.2, 0) is 11.3 Å². The van der Waals surface area contributed by atoms with Crippen LogP contribution in [0, 0.1) is 5.82 Å². The molecule has 6 heteroatoms. The van der Waals surface area contributed by atoms with E-state index in [0.717, 1.165) is 55.2 Å². The molecule has 0 bridgehead atoms. The molecule has 1 saturated heterocycles. The third kappa shape index (κ3) is 5.26. The minimum Gasteiger partial charge on any atom is -0.497 e. The molecule has 0 aromatic heterocycles. The molecular weight excluding hydrogens is 371 g/mol. The van der Waals surface area contributed by atoms with Gasteiger partial charge in [-0.25, -0.2) is 4.39 Å². The summed E-state index contributed by atoms with van der Waals surface area (Å²) >= 11 is 0. The van der Waals surface area contributed by atoms with E-state index >= 15 is 0 Å². The summed E-state index contributed by atoms with van der Waals surface area (Å²) in [5.74, 6) is 1.35. The molecule has 1 amide bonds. The number of amides is 1. The van der Waals surface area contributed by atoms with Crippen LogP contribution in [0.4, 0.5) is 10.1 Å². The lowest BCUT2D eigenvalue weighted by molar-refractivity contribution is -0.119. The second kappa shape index (κ2) is 9.74. The topological polar surface area (TPSA) is 42.0 Å². The van der Waals surface area contributed by atoms with E-state index in [0.29, 0.717) is 6.42 Å². The zero-order valence-corrected chi connectivity index (χ0v) is 17.4. The second-order valence-corrected chi connectivity index (χ2v) is 7.32. The van der Waals surface area contributed by atoms with Crippen molar-refractivity contribution in [3.63, 3.8) is 0 Å². The van der Waals surface area contributed by atoms with Gasteiger partial charge in [-0.15, -0.1) is 0 Å². The molecule has 1 heterocycles. The first-order valence-electron chi connectivity index (χ1n) is 10.1. The number of nitrogens with zero attached hydrogens (tertiary/aromatic N) is 2. The van der Waals surface area contributed by atoms with Gasteiger partial charge in [0.1, 0.15) is 17.3 Å². The lowest BCUT2D eigenvalue weighted by atomic mass is 10.0. The third-order valence-electron chi connectivity index (χ3n) is 5.42. The molecule has 1 aliphatic rings. The number of carbonyl (C=O) groups is 1. The predicted molar refractivity (Wildman–Crippen MR) is 112 cm³/mol. The lowest BCUT2D eigenvalue weighted by Crippen LogP contribution is -2.47. The second-order valence-electron chi connectivity index (χ2n) is 7.32. The number of piperidine rings is 1. The molecule has 0 N–H and O–H groups in total. The van der Waals surface area contributed by atoms with Gasteiger partial charge in [-0.2, -0.15) is 0 Å². The normalized spacial score (nSPS) is 15.2. The maximum absolute atomic E-state index is 13.3. The van der Waals surface area contributed by atoms with Crippen LogP contribution in [0.25, 0.3) is 0 Å². The number of hydrogen-bond acceptors (Lipinski definition) is 4. The first-order chi connectivity index (χ1) is 14.0. The Bertz CT molecular complexity index is 795. The van der Waals surface area contributed by atoms with Crippen molar-refractivity contribution in [1.29, 1.82) is 0 Å². The van der Waals surface area contributed by atoms with Crippen LogP contribution in [0.2, 0.25) is 0 Å². The highest BCUT2D eigenvalue weighted by Crippen LogP contribution is 2.27. The Morgan fingerprint density at radius 3 is 2.17 bits per heavy atom. The highest BCUT2D eigenvalue weighted by molar-refractivity contribution is 5.93. The maximum Gasteiger partial charge on any atom is 0.226 e. The number of anilines is 1. The molecule has 0 radical (unpaired) electrons. The fraction of sp³-hybridized carbons (Fsp3) is 0.435. The molecule has 0 atom stereocenters. The number of carbonyl (C=O) groups excluding carboxylic acids is 1. The SMILES string of the molecule is CCC(=O)N(c1ccc(F)cc1)C1CCN(Cc2cc(OC)cc(OC)c2)CC1. The number of likely N-dealkylation sites (tertiary alicyclic amines) is 1.